The summed E-state index contributed by atoms with van der Waals surface area (Å²) in [5.74, 6) is 0. The van der Waals surface area contributed by atoms with Crippen LogP contribution in [0.5, 0.6) is 0 Å². The van der Waals surface area contributed by atoms with E-state index in [1.165, 1.54) is 0 Å². The number of nitro benzene ring substituents is 1. The van der Waals surface area contributed by atoms with E-state index in [1.807, 2.05) is 25.3 Å². The van der Waals surface area contributed by atoms with E-state index in [1.54, 1.807) is 31.2 Å². The maximum absolute atomic E-state index is 11.5. The third-order valence-electron chi connectivity index (χ3n) is 3.36. The molecule has 0 bridgehead atoms. The minimum atomic E-state index is -0.378. The summed E-state index contributed by atoms with van der Waals surface area (Å²) in [7, 11) is 0. The summed E-state index contributed by atoms with van der Waals surface area (Å²) in [6.45, 7) is 7.25. The fourth-order valence-electron chi connectivity index (χ4n) is 2.46. The number of pyridine rings is 1. The second-order valence-corrected chi connectivity index (χ2v) is 4.99. The van der Waals surface area contributed by atoms with E-state index in [0.717, 1.165) is 22.6 Å². The molecule has 0 fully saturated rings. The van der Waals surface area contributed by atoms with Gasteiger partial charge in [0.2, 0.25) is 0 Å². The SMILES string of the molecule is Cc1cc([N+](=O)[O-])c(C)cc1-n1c(C)cc(=O)cc1C. The lowest BCUT2D eigenvalue weighted by Crippen LogP contribution is -2.12. The second kappa shape index (κ2) is 4.92. The van der Waals surface area contributed by atoms with Crippen molar-refractivity contribution < 1.29 is 4.92 Å². The number of nitrogens with zero attached hydrogens (tertiary/aromatic N) is 2. The quantitative estimate of drug-likeness (QED) is 0.623. The van der Waals surface area contributed by atoms with E-state index in [9.17, 15) is 14.9 Å². The monoisotopic (exact) mass is 272 g/mol. The molecule has 0 saturated carbocycles. The van der Waals surface area contributed by atoms with E-state index in [-0.39, 0.29) is 16.0 Å². The van der Waals surface area contributed by atoms with Gasteiger partial charge in [0.05, 0.1) is 4.92 Å². The molecule has 1 aromatic carbocycles. The summed E-state index contributed by atoms with van der Waals surface area (Å²) >= 11 is 0. The molecule has 2 rings (SSSR count). The lowest BCUT2D eigenvalue weighted by atomic mass is 10.1. The van der Waals surface area contributed by atoms with E-state index in [2.05, 4.69) is 0 Å². The molecule has 104 valence electrons. The van der Waals surface area contributed by atoms with Gasteiger partial charge in [-0.2, -0.15) is 0 Å². The van der Waals surface area contributed by atoms with Crippen molar-refractivity contribution in [2.45, 2.75) is 27.7 Å². The Morgan fingerprint density at radius 2 is 1.50 bits per heavy atom. The Labute approximate surface area is 116 Å². The number of nitro groups is 1. The zero-order chi connectivity index (χ0) is 15.0. The van der Waals surface area contributed by atoms with Gasteiger partial charge >= 0.3 is 0 Å². The minimum absolute atomic E-state index is 0.0347. The van der Waals surface area contributed by atoms with Crippen LogP contribution >= 0.6 is 0 Å². The van der Waals surface area contributed by atoms with Crippen molar-refractivity contribution in [2.75, 3.05) is 0 Å². The molecule has 0 spiro atoms. The number of hydrogen-bond acceptors (Lipinski definition) is 3. The number of aryl methyl sites for hydroxylation is 4. The predicted molar refractivity (Wildman–Crippen MR) is 77.6 cm³/mol. The first-order valence-electron chi connectivity index (χ1n) is 6.27. The van der Waals surface area contributed by atoms with Crippen molar-refractivity contribution in [2.24, 2.45) is 0 Å². The van der Waals surface area contributed by atoms with Crippen LogP contribution in [0.15, 0.2) is 29.1 Å². The fourth-order valence-corrected chi connectivity index (χ4v) is 2.46. The normalized spacial score (nSPS) is 10.6. The fraction of sp³-hybridized carbons (Fsp3) is 0.267. The summed E-state index contributed by atoms with van der Waals surface area (Å²) in [6, 6.07) is 6.48. The topological polar surface area (TPSA) is 65.1 Å². The van der Waals surface area contributed by atoms with Gasteiger partial charge in [0, 0.05) is 40.8 Å². The van der Waals surface area contributed by atoms with Gasteiger partial charge in [-0.05, 0) is 39.3 Å². The van der Waals surface area contributed by atoms with Crippen molar-refractivity contribution in [3.05, 3.63) is 67.1 Å². The Balaban J connectivity index is 2.75. The molecule has 0 N–H and O–H groups in total. The highest BCUT2D eigenvalue weighted by Crippen LogP contribution is 2.26. The largest absolute Gasteiger partial charge is 0.318 e. The molecular formula is C15H16N2O3. The molecule has 0 radical (unpaired) electrons. The predicted octanol–water partition coefficient (Wildman–Crippen LogP) is 2.98. The first-order valence-corrected chi connectivity index (χ1v) is 6.27. The molecule has 0 atom stereocenters. The Morgan fingerprint density at radius 1 is 0.950 bits per heavy atom. The van der Waals surface area contributed by atoms with Crippen LogP contribution in [0.2, 0.25) is 0 Å². The Morgan fingerprint density at radius 3 is 2.00 bits per heavy atom. The average Bonchev–Trinajstić information content (AvgIpc) is 2.31. The molecule has 0 aliphatic carbocycles. The van der Waals surface area contributed by atoms with Crippen LogP contribution in [-0.2, 0) is 0 Å². The van der Waals surface area contributed by atoms with E-state index < -0.39 is 0 Å². The van der Waals surface area contributed by atoms with Crippen LogP contribution < -0.4 is 5.43 Å². The van der Waals surface area contributed by atoms with E-state index in [4.69, 9.17) is 0 Å². The number of hydrogen-bond donors (Lipinski definition) is 0. The summed E-state index contributed by atoms with van der Waals surface area (Å²) in [6.07, 6.45) is 0. The van der Waals surface area contributed by atoms with Gasteiger partial charge in [-0.25, -0.2) is 0 Å². The van der Waals surface area contributed by atoms with Crippen LogP contribution in [0.25, 0.3) is 5.69 Å². The third-order valence-corrected chi connectivity index (χ3v) is 3.36. The van der Waals surface area contributed by atoms with Crippen molar-refractivity contribution in [1.29, 1.82) is 0 Å². The highest BCUT2D eigenvalue weighted by Gasteiger charge is 2.15. The molecule has 0 aliphatic rings. The van der Waals surface area contributed by atoms with Crippen LogP contribution in [0.1, 0.15) is 22.5 Å². The van der Waals surface area contributed by atoms with Gasteiger partial charge in [-0.15, -0.1) is 0 Å². The number of aromatic nitrogens is 1. The second-order valence-electron chi connectivity index (χ2n) is 4.99. The highest BCUT2D eigenvalue weighted by molar-refractivity contribution is 5.54. The molecule has 0 saturated heterocycles. The molecule has 0 aliphatic heterocycles. The lowest BCUT2D eigenvalue weighted by molar-refractivity contribution is -0.385. The molecule has 5 nitrogen and oxygen atoms in total. The minimum Gasteiger partial charge on any atom is -0.318 e. The first kappa shape index (κ1) is 14.0. The van der Waals surface area contributed by atoms with E-state index >= 15 is 0 Å². The number of benzene rings is 1. The Kier molecular flexibility index (Phi) is 3.44. The molecular weight excluding hydrogens is 256 g/mol. The molecule has 0 amide bonds. The van der Waals surface area contributed by atoms with Gasteiger partial charge in [0.25, 0.3) is 5.69 Å². The molecule has 1 aromatic heterocycles. The smallest absolute Gasteiger partial charge is 0.272 e. The van der Waals surface area contributed by atoms with Crippen molar-refractivity contribution in [1.82, 2.24) is 4.57 Å². The van der Waals surface area contributed by atoms with Gasteiger partial charge in [0.15, 0.2) is 5.43 Å². The van der Waals surface area contributed by atoms with Crippen LogP contribution in [0, 0.1) is 37.8 Å². The molecule has 0 unspecified atom stereocenters. The van der Waals surface area contributed by atoms with Crippen LogP contribution in [0.3, 0.4) is 0 Å². The number of rotatable bonds is 2. The van der Waals surface area contributed by atoms with Crippen molar-refractivity contribution in [3.63, 3.8) is 0 Å². The molecule has 5 heteroatoms. The zero-order valence-corrected chi connectivity index (χ0v) is 11.9. The van der Waals surface area contributed by atoms with Crippen LogP contribution in [-0.4, -0.2) is 9.49 Å². The highest BCUT2D eigenvalue weighted by atomic mass is 16.6. The molecule has 2 aromatic rings. The van der Waals surface area contributed by atoms with Gasteiger partial charge in [-0.3, -0.25) is 14.9 Å². The molecule has 20 heavy (non-hydrogen) atoms. The van der Waals surface area contributed by atoms with Crippen LogP contribution in [0.4, 0.5) is 5.69 Å². The first-order chi connectivity index (χ1) is 9.31. The van der Waals surface area contributed by atoms with Gasteiger partial charge in [-0.1, -0.05) is 0 Å². The summed E-state index contributed by atoms with van der Waals surface area (Å²) < 4.78 is 1.94. The van der Waals surface area contributed by atoms with Gasteiger partial charge in [0.1, 0.15) is 0 Å². The Hall–Kier alpha value is -2.43. The maximum Gasteiger partial charge on any atom is 0.272 e. The Bertz CT molecular complexity index is 734. The third kappa shape index (κ3) is 2.34. The average molecular weight is 272 g/mol. The molecule has 1 heterocycles. The summed E-state index contributed by atoms with van der Waals surface area (Å²) in [5.41, 5.74) is 3.97. The van der Waals surface area contributed by atoms with Crippen molar-refractivity contribution >= 4 is 5.69 Å². The zero-order valence-electron chi connectivity index (χ0n) is 11.9. The summed E-state index contributed by atoms with van der Waals surface area (Å²) in [4.78, 5) is 22.1. The summed E-state index contributed by atoms with van der Waals surface area (Å²) in [5, 5.41) is 11.0. The maximum atomic E-state index is 11.5. The standard InChI is InChI=1S/C15H16N2O3/c1-9-6-15(17(19)20)10(2)5-14(9)16-11(3)7-13(18)8-12(16)4/h5-8H,1-4H3. The lowest BCUT2D eigenvalue weighted by Gasteiger charge is -2.17. The van der Waals surface area contributed by atoms with E-state index in [0.29, 0.717) is 5.56 Å². The van der Waals surface area contributed by atoms with Gasteiger partial charge < -0.3 is 4.57 Å². The van der Waals surface area contributed by atoms with Crippen molar-refractivity contribution in [3.8, 4) is 5.69 Å².